The summed E-state index contributed by atoms with van der Waals surface area (Å²) < 4.78 is 0. The van der Waals surface area contributed by atoms with Gasteiger partial charge in [-0.2, -0.15) is 0 Å². The quantitative estimate of drug-likeness (QED) is 0.186. The van der Waals surface area contributed by atoms with Crippen LogP contribution in [0.2, 0.25) is 0 Å². The predicted octanol–water partition coefficient (Wildman–Crippen LogP) is -0.322. The number of rotatable bonds is 6. The lowest BCUT2D eigenvalue weighted by Crippen LogP contribution is -2.51. The summed E-state index contributed by atoms with van der Waals surface area (Å²) in [6.07, 6.45) is 3.78. The Morgan fingerprint density at radius 2 is 2.00 bits per heavy atom. The number of aromatic nitrogens is 1. The Morgan fingerprint density at radius 1 is 1.36 bits per heavy atom. The van der Waals surface area contributed by atoms with Gasteiger partial charge in [0, 0.05) is 23.7 Å². The van der Waals surface area contributed by atoms with Crippen LogP contribution in [0.1, 0.15) is 28.8 Å². The molecule has 116 valence electrons. The first-order valence-electron chi connectivity index (χ1n) is 6.69. The summed E-state index contributed by atoms with van der Waals surface area (Å²) in [5, 5.41) is 8.93. The van der Waals surface area contributed by atoms with Crippen molar-refractivity contribution in [2.45, 2.75) is 18.9 Å². The van der Waals surface area contributed by atoms with Crippen molar-refractivity contribution in [1.29, 1.82) is 5.41 Å². The molecule has 8 nitrogen and oxygen atoms in total. The molecule has 1 aromatic heterocycles. The van der Waals surface area contributed by atoms with E-state index in [0.717, 1.165) is 0 Å². The molecule has 8 heteroatoms. The number of hydrogen-bond donors (Lipinski definition) is 4. The normalized spacial score (nSPS) is 19.9. The van der Waals surface area contributed by atoms with Crippen LogP contribution in [0.3, 0.4) is 0 Å². The van der Waals surface area contributed by atoms with E-state index in [2.05, 4.69) is 11.6 Å². The second-order valence-electron chi connectivity index (χ2n) is 5.20. The number of hydrazine groups is 1. The van der Waals surface area contributed by atoms with Gasteiger partial charge in [-0.05, 0) is 25.0 Å². The second-order valence-corrected chi connectivity index (χ2v) is 5.20. The first-order valence-corrected chi connectivity index (χ1v) is 6.69. The fourth-order valence-corrected chi connectivity index (χ4v) is 2.41. The van der Waals surface area contributed by atoms with E-state index in [4.69, 9.17) is 22.7 Å². The van der Waals surface area contributed by atoms with Crippen LogP contribution in [-0.4, -0.2) is 28.6 Å². The van der Waals surface area contributed by atoms with E-state index in [1.807, 2.05) is 0 Å². The first kappa shape index (κ1) is 15.6. The molecule has 0 spiro atoms. The summed E-state index contributed by atoms with van der Waals surface area (Å²) in [6.45, 7) is 3.46. The Kier molecular flexibility index (Phi) is 4.22. The molecule has 1 aromatic rings. The van der Waals surface area contributed by atoms with Crippen LogP contribution in [0.25, 0.3) is 0 Å². The minimum atomic E-state index is -0.715. The first-order chi connectivity index (χ1) is 10.3. The maximum absolute atomic E-state index is 11.5. The van der Waals surface area contributed by atoms with Crippen LogP contribution in [0.15, 0.2) is 24.9 Å². The predicted molar refractivity (Wildman–Crippen MR) is 82.2 cm³/mol. The van der Waals surface area contributed by atoms with Gasteiger partial charge in [-0.25, -0.2) is 10.8 Å². The molecule has 0 saturated heterocycles. The Balaban J connectivity index is 2.18. The summed E-state index contributed by atoms with van der Waals surface area (Å²) in [7, 11) is 0. The molecule has 7 N–H and O–H groups in total. The van der Waals surface area contributed by atoms with E-state index in [1.54, 1.807) is 0 Å². The van der Waals surface area contributed by atoms with E-state index in [0.29, 0.717) is 18.7 Å². The number of amidine groups is 1. The molecule has 0 aliphatic heterocycles. The van der Waals surface area contributed by atoms with Crippen LogP contribution in [-0.2, 0) is 4.79 Å². The summed E-state index contributed by atoms with van der Waals surface area (Å²) in [4.78, 5) is 26.8. The van der Waals surface area contributed by atoms with Gasteiger partial charge in [0.15, 0.2) is 5.78 Å². The van der Waals surface area contributed by atoms with Crippen LogP contribution >= 0.6 is 0 Å². The number of amides is 1. The molecule has 2 rings (SSSR count). The molecule has 22 heavy (non-hydrogen) atoms. The highest BCUT2D eigenvalue weighted by Gasteiger charge is 2.36. The fourth-order valence-electron chi connectivity index (χ4n) is 2.41. The maximum Gasteiger partial charge on any atom is 0.251 e. The molecule has 0 radical (unpaired) electrons. The lowest BCUT2D eigenvalue weighted by atomic mass is 9.77. The number of nitrogen functional groups attached to an aromatic ring is 1. The number of ketones is 1. The average Bonchev–Trinajstić information content (AvgIpc) is 2.44. The fraction of sp³-hybridized carbons (Fsp3) is 0.286. The monoisotopic (exact) mass is 302 g/mol. The zero-order chi connectivity index (χ0) is 16.4. The smallest absolute Gasteiger partial charge is 0.251 e. The van der Waals surface area contributed by atoms with Gasteiger partial charge in [0.05, 0.1) is 5.56 Å². The van der Waals surface area contributed by atoms with E-state index in [9.17, 15) is 9.59 Å². The minimum Gasteiger partial charge on any atom is -0.384 e. The maximum atomic E-state index is 11.5. The van der Waals surface area contributed by atoms with Crippen LogP contribution < -0.4 is 22.3 Å². The lowest BCUT2D eigenvalue weighted by molar-refractivity contribution is -0.120. The number of anilines is 1. The number of carbonyl (C=O) groups is 2. The number of carbonyl (C=O) groups excluding carboxylic acids is 2. The van der Waals surface area contributed by atoms with Gasteiger partial charge >= 0.3 is 0 Å². The highest BCUT2D eigenvalue weighted by Crippen LogP contribution is 2.33. The van der Waals surface area contributed by atoms with Crippen molar-refractivity contribution in [3.63, 3.8) is 0 Å². The summed E-state index contributed by atoms with van der Waals surface area (Å²) in [5.41, 5.74) is 10.9. The van der Waals surface area contributed by atoms with Gasteiger partial charge in [-0.1, -0.05) is 6.58 Å². The summed E-state index contributed by atoms with van der Waals surface area (Å²) in [6, 6.07) is 1.41. The molecule has 1 aliphatic carbocycles. The minimum absolute atomic E-state index is 0.00566. The van der Waals surface area contributed by atoms with Gasteiger partial charge < -0.3 is 11.5 Å². The Bertz CT molecular complexity index is 651. The second kappa shape index (κ2) is 5.94. The van der Waals surface area contributed by atoms with Crippen molar-refractivity contribution in [2.24, 2.45) is 23.2 Å². The molecule has 1 aliphatic rings. The summed E-state index contributed by atoms with van der Waals surface area (Å²) in [5.74, 6) is 5.31. The average molecular weight is 302 g/mol. The third kappa shape index (κ3) is 2.82. The zero-order valence-electron chi connectivity index (χ0n) is 12.0. The topological polar surface area (TPSA) is 152 Å². The zero-order valence-corrected chi connectivity index (χ0v) is 12.0. The van der Waals surface area contributed by atoms with Crippen LogP contribution in [0.5, 0.6) is 0 Å². The number of nitrogens with two attached hydrogens (primary N) is 3. The van der Waals surface area contributed by atoms with E-state index < -0.39 is 5.91 Å². The van der Waals surface area contributed by atoms with Crippen LogP contribution in [0.4, 0.5) is 5.82 Å². The van der Waals surface area contributed by atoms with E-state index in [1.165, 1.54) is 23.3 Å². The molecule has 0 unspecified atom stereocenters. The SMILES string of the molecule is C=CC(=O)C1CC(N(N)c2cc(C(=N)N)c(C(N)=O)cn2)C1. The standard InChI is InChI=1S/C14H18N6O2/c1-2-11(21)7-3-8(4-7)20(18)12-5-9(13(15)16)10(6-19-12)14(17)22/h2,5-8H,1,3-4,18H2,(H3,15,16)(H2,17,22). The van der Waals surface area contributed by atoms with Crippen molar-refractivity contribution >= 4 is 23.3 Å². The number of pyridine rings is 1. The number of nitrogens with one attached hydrogen (secondary N) is 1. The largest absolute Gasteiger partial charge is 0.384 e. The van der Waals surface area contributed by atoms with Gasteiger partial charge in [-0.15, -0.1) is 0 Å². The Labute approximate surface area is 127 Å². The highest BCUT2D eigenvalue weighted by molar-refractivity contribution is 6.07. The van der Waals surface area contributed by atoms with Gasteiger partial charge in [0.2, 0.25) is 0 Å². The Hall–Kier alpha value is -2.74. The molecule has 1 heterocycles. The third-order valence-corrected chi connectivity index (χ3v) is 3.82. The van der Waals surface area contributed by atoms with Gasteiger partial charge in [0.25, 0.3) is 5.91 Å². The van der Waals surface area contributed by atoms with E-state index in [-0.39, 0.29) is 34.7 Å². The third-order valence-electron chi connectivity index (χ3n) is 3.82. The number of nitrogens with zero attached hydrogens (tertiary/aromatic N) is 2. The van der Waals surface area contributed by atoms with Crippen molar-refractivity contribution < 1.29 is 9.59 Å². The van der Waals surface area contributed by atoms with Gasteiger partial charge in [-0.3, -0.25) is 20.0 Å². The molecular weight excluding hydrogens is 284 g/mol. The Morgan fingerprint density at radius 3 is 2.50 bits per heavy atom. The van der Waals surface area contributed by atoms with Crippen molar-refractivity contribution in [2.75, 3.05) is 5.01 Å². The number of hydrogen-bond acceptors (Lipinski definition) is 6. The van der Waals surface area contributed by atoms with Crippen LogP contribution in [0, 0.1) is 11.3 Å². The summed E-state index contributed by atoms with van der Waals surface area (Å²) >= 11 is 0. The molecule has 1 amide bonds. The van der Waals surface area contributed by atoms with Crippen molar-refractivity contribution in [3.8, 4) is 0 Å². The molecule has 0 bridgehead atoms. The van der Waals surface area contributed by atoms with Crippen molar-refractivity contribution in [3.05, 3.63) is 36.0 Å². The van der Waals surface area contributed by atoms with Crippen molar-refractivity contribution in [1.82, 2.24) is 4.98 Å². The molecular formula is C14H18N6O2. The molecule has 1 saturated carbocycles. The van der Waals surface area contributed by atoms with Gasteiger partial charge in [0.1, 0.15) is 11.7 Å². The van der Waals surface area contributed by atoms with E-state index >= 15 is 0 Å². The lowest BCUT2D eigenvalue weighted by Gasteiger charge is -2.40. The highest BCUT2D eigenvalue weighted by atomic mass is 16.1. The molecule has 0 aromatic carbocycles. The number of primary amides is 1. The molecule has 0 atom stereocenters. The number of allylic oxidation sites excluding steroid dienone is 1. The molecule has 1 fully saturated rings.